The number of ether oxygens (including phenoxy) is 2. The molecule has 0 saturated carbocycles. The Balaban J connectivity index is 1.91. The largest absolute Gasteiger partial charge is 0.497 e. The van der Waals surface area contributed by atoms with Gasteiger partial charge in [-0.3, -0.25) is 9.69 Å². The Bertz CT molecular complexity index is 543. The van der Waals surface area contributed by atoms with Crippen molar-refractivity contribution in [1.29, 1.82) is 0 Å². The van der Waals surface area contributed by atoms with Crippen molar-refractivity contribution < 1.29 is 23.9 Å². The predicted molar refractivity (Wildman–Crippen MR) is 68.4 cm³/mol. The van der Waals surface area contributed by atoms with E-state index in [4.69, 9.17) is 9.47 Å². The number of esters is 1. The molecule has 1 saturated heterocycles. The first-order valence-corrected chi connectivity index (χ1v) is 6.01. The lowest BCUT2D eigenvalue weighted by Gasteiger charge is -2.12. The second kappa shape index (κ2) is 6.05. The van der Waals surface area contributed by atoms with Gasteiger partial charge in [-0.1, -0.05) is 6.07 Å². The number of hydrogen-bond acceptors (Lipinski definition) is 5. The molecule has 0 bridgehead atoms. The molecule has 7 nitrogen and oxygen atoms in total. The summed E-state index contributed by atoms with van der Waals surface area (Å²) in [4.78, 5) is 35.7. The topological polar surface area (TPSA) is 84.9 Å². The highest BCUT2D eigenvalue weighted by molar-refractivity contribution is 5.98. The van der Waals surface area contributed by atoms with E-state index in [0.29, 0.717) is 12.3 Å². The molecule has 3 amide bonds. The van der Waals surface area contributed by atoms with E-state index in [2.05, 4.69) is 5.32 Å². The molecule has 0 atom stereocenters. The summed E-state index contributed by atoms with van der Waals surface area (Å²) < 4.78 is 9.87. The van der Waals surface area contributed by atoms with Gasteiger partial charge in [-0.2, -0.15) is 0 Å². The third-order valence-corrected chi connectivity index (χ3v) is 2.79. The summed E-state index contributed by atoms with van der Waals surface area (Å²) in [6.45, 7) is 0.228. The average Bonchev–Trinajstić information content (AvgIpc) is 2.90. The maximum atomic E-state index is 11.8. The smallest absolute Gasteiger partial charge is 0.338 e. The van der Waals surface area contributed by atoms with E-state index in [9.17, 15) is 14.4 Å². The molecule has 1 aliphatic heterocycles. The molecule has 0 unspecified atom stereocenters. The number of carbonyl (C=O) groups excluding carboxylic acids is 3. The molecule has 0 aromatic heterocycles. The number of imide groups is 1. The summed E-state index contributed by atoms with van der Waals surface area (Å²) in [6.07, 6.45) is 0. The first kappa shape index (κ1) is 13.9. The number of urea groups is 1. The SMILES string of the molecule is COc1cccc(C(=O)OCC(=O)N2CCNC2=O)c1. The van der Waals surface area contributed by atoms with E-state index in [1.165, 1.54) is 13.2 Å². The summed E-state index contributed by atoms with van der Waals surface area (Å²) in [5.74, 6) is -0.669. The molecular weight excluding hydrogens is 264 g/mol. The number of rotatable bonds is 4. The molecule has 20 heavy (non-hydrogen) atoms. The van der Waals surface area contributed by atoms with E-state index in [0.717, 1.165) is 4.90 Å². The molecule has 1 aromatic rings. The van der Waals surface area contributed by atoms with Crippen LogP contribution < -0.4 is 10.1 Å². The molecule has 1 aromatic carbocycles. The number of hydrogen-bond donors (Lipinski definition) is 1. The number of amides is 3. The van der Waals surface area contributed by atoms with Crippen molar-refractivity contribution in [3.63, 3.8) is 0 Å². The van der Waals surface area contributed by atoms with Crippen LogP contribution in [-0.4, -0.2) is 49.6 Å². The maximum Gasteiger partial charge on any atom is 0.338 e. The van der Waals surface area contributed by atoms with Gasteiger partial charge in [0.15, 0.2) is 6.61 Å². The van der Waals surface area contributed by atoms with E-state index >= 15 is 0 Å². The average molecular weight is 278 g/mol. The maximum absolute atomic E-state index is 11.8. The van der Waals surface area contributed by atoms with E-state index < -0.39 is 24.5 Å². The van der Waals surface area contributed by atoms with Gasteiger partial charge in [-0.15, -0.1) is 0 Å². The second-order valence-electron chi connectivity index (χ2n) is 4.09. The minimum absolute atomic E-state index is 0.281. The molecular formula is C13H14N2O5. The van der Waals surface area contributed by atoms with Crippen LogP contribution >= 0.6 is 0 Å². The van der Waals surface area contributed by atoms with Crippen LogP contribution in [0.25, 0.3) is 0 Å². The lowest BCUT2D eigenvalue weighted by Crippen LogP contribution is -2.37. The first-order valence-electron chi connectivity index (χ1n) is 6.01. The van der Waals surface area contributed by atoms with Gasteiger partial charge >= 0.3 is 12.0 Å². The minimum atomic E-state index is -0.642. The van der Waals surface area contributed by atoms with Gasteiger partial charge in [0.05, 0.1) is 12.7 Å². The zero-order valence-electron chi connectivity index (χ0n) is 10.9. The van der Waals surface area contributed by atoms with Crippen LogP contribution in [0.4, 0.5) is 4.79 Å². The molecule has 0 aliphatic carbocycles. The van der Waals surface area contributed by atoms with Crippen molar-refractivity contribution in [2.24, 2.45) is 0 Å². The van der Waals surface area contributed by atoms with Crippen molar-refractivity contribution in [2.75, 3.05) is 26.8 Å². The lowest BCUT2D eigenvalue weighted by atomic mass is 10.2. The fourth-order valence-corrected chi connectivity index (χ4v) is 1.75. The molecule has 1 heterocycles. The standard InChI is InChI=1S/C13H14N2O5/c1-19-10-4-2-3-9(7-10)12(17)20-8-11(16)15-6-5-14-13(15)18/h2-4,7H,5-6,8H2,1H3,(H,14,18). The van der Waals surface area contributed by atoms with Crippen LogP contribution in [0.3, 0.4) is 0 Å². The zero-order chi connectivity index (χ0) is 14.5. The van der Waals surface area contributed by atoms with E-state index in [-0.39, 0.29) is 12.1 Å². The van der Waals surface area contributed by atoms with Crippen LogP contribution in [0, 0.1) is 0 Å². The minimum Gasteiger partial charge on any atom is -0.497 e. The van der Waals surface area contributed by atoms with Gasteiger partial charge in [0.25, 0.3) is 5.91 Å². The molecule has 1 fully saturated rings. The lowest BCUT2D eigenvalue weighted by molar-refractivity contribution is -0.130. The Hall–Kier alpha value is -2.57. The number of carbonyl (C=O) groups is 3. The molecule has 0 spiro atoms. The van der Waals surface area contributed by atoms with Crippen molar-refractivity contribution in [1.82, 2.24) is 10.2 Å². The summed E-state index contributed by atoms with van der Waals surface area (Å²) >= 11 is 0. The third-order valence-electron chi connectivity index (χ3n) is 2.79. The molecule has 1 aliphatic rings. The molecule has 0 radical (unpaired) electrons. The van der Waals surface area contributed by atoms with Crippen molar-refractivity contribution >= 4 is 17.9 Å². The van der Waals surface area contributed by atoms with Crippen LogP contribution in [0.15, 0.2) is 24.3 Å². The van der Waals surface area contributed by atoms with E-state index in [1.807, 2.05) is 0 Å². The number of methoxy groups -OCH3 is 1. The Morgan fingerprint density at radius 1 is 1.40 bits per heavy atom. The second-order valence-corrected chi connectivity index (χ2v) is 4.09. The Kier molecular flexibility index (Phi) is 4.19. The van der Waals surface area contributed by atoms with Gasteiger partial charge in [-0.05, 0) is 18.2 Å². The van der Waals surface area contributed by atoms with Gasteiger partial charge < -0.3 is 14.8 Å². The van der Waals surface area contributed by atoms with Gasteiger partial charge in [0, 0.05) is 13.1 Å². The molecule has 7 heteroatoms. The monoisotopic (exact) mass is 278 g/mol. The Labute approximate surface area is 115 Å². The number of nitrogens with one attached hydrogen (secondary N) is 1. The van der Waals surface area contributed by atoms with Gasteiger partial charge in [0.2, 0.25) is 0 Å². The normalized spacial score (nSPS) is 13.8. The van der Waals surface area contributed by atoms with Crippen molar-refractivity contribution in [2.45, 2.75) is 0 Å². The van der Waals surface area contributed by atoms with Crippen molar-refractivity contribution in [3.05, 3.63) is 29.8 Å². The highest BCUT2D eigenvalue weighted by Gasteiger charge is 2.26. The van der Waals surface area contributed by atoms with Crippen LogP contribution in [-0.2, 0) is 9.53 Å². The van der Waals surface area contributed by atoms with Crippen LogP contribution in [0.1, 0.15) is 10.4 Å². The molecule has 2 rings (SSSR count). The summed E-state index contributed by atoms with van der Waals surface area (Å²) in [5.41, 5.74) is 0.281. The Morgan fingerprint density at radius 2 is 2.20 bits per heavy atom. The van der Waals surface area contributed by atoms with Crippen LogP contribution in [0.2, 0.25) is 0 Å². The number of benzene rings is 1. The molecule has 106 valence electrons. The summed E-state index contributed by atoms with van der Waals surface area (Å²) in [5, 5.41) is 2.49. The highest BCUT2D eigenvalue weighted by atomic mass is 16.5. The van der Waals surface area contributed by atoms with Gasteiger partial charge in [0.1, 0.15) is 5.75 Å². The fourth-order valence-electron chi connectivity index (χ4n) is 1.75. The van der Waals surface area contributed by atoms with E-state index in [1.54, 1.807) is 18.2 Å². The van der Waals surface area contributed by atoms with Crippen molar-refractivity contribution in [3.8, 4) is 5.75 Å². The summed E-state index contributed by atoms with van der Waals surface area (Å²) in [6, 6.07) is 5.93. The first-order chi connectivity index (χ1) is 9.61. The predicted octanol–water partition coefficient (Wildman–Crippen LogP) is 0.404. The quantitative estimate of drug-likeness (QED) is 0.806. The van der Waals surface area contributed by atoms with Crippen LogP contribution in [0.5, 0.6) is 5.75 Å². The highest BCUT2D eigenvalue weighted by Crippen LogP contribution is 2.13. The summed E-state index contributed by atoms with van der Waals surface area (Å²) in [7, 11) is 1.49. The zero-order valence-corrected chi connectivity index (χ0v) is 10.9. The third kappa shape index (κ3) is 3.05. The fraction of sp³-hybridized carbons (Fsp3) is 0.308. The molecule has 1 N–H and O–H groups in total. The number of nitrogens with zero attached hydrogens (tertiary/aromatic N) is 1. The van der Waals surface area contributed by atoms with Gasteiger partial charge in [-0.25, -0.2) is 9.59 Å². The Morgan fingerprint density at radius 3 is 2.85 bits per heavy atom.